The lowest BCUT2D eigenvalue weighted by Crippen LogP contribution is -2.03. The van der Waals surface area contributed by atoms with Crippen LogP contribution in [-0.2, 0) is 9.05 Å². The van der Waals surface area contributed by atoms with Gasteiger partial charge in [-0.15, -0.1) is 0 Å². The Kier molecular flexibility index (Phi) is 3.28. The molecule has 4 nitrogen and oxygen atoms in total. The van der Waals surface area contributed by atoms with E-state index in [1.807, 2.05) is 0 Å². The van der Waals surface area contributed by atoms with E-state index in [1.54, 1.807) is 0 Å². The van der Waals surface area contributed by atoms with Gasteiger partial charge in [0.15, 0.2) is 0 Å². The maximum atomic E-state index is 8.80. The van der Waals surface area contributed by atoms with Crippen molar-refractivity contribution in [2.45, 2.75) is 0 Å². The second-order valence-electron chi connectivity index (χ2n) is 1.12. The van der Waals surface area contributed by atoms with Gasteiger partial charge < -0.3 is 19.7 Å². The highest BCUT2D eigenvalue weighted by Gasteiger charge is 2.05. The summed E-state index contributed by atoms with van der Waals surface area (Å²) in [5, 5.41) is 0. The molecule has 3 N–H and O–H groups in total. The van der Waals surface area contributed by atoms with E-state index in [1.165, 1.54) is 7.11 Å². The summed E-state index contributed by atoms with van der Waals surface area (Å²) in [6.45, 7) is -0.0678. The van der Waals surface area contributed by atoms with Gasteiger partial charge in [-0.3, -0.25) is 0 Å². The van der Waals surface area contributed by atoms with Gasteiger partial charge >= 0.3 is 0 Å². The SMILES string of the molecule is C=P(O)(OC)OCN. The molecule has 5 heteroatoms. The third-order valence-electron chi connectivity index (χ3n) is 0.562. The summed E-state index contributed by atoms with van der Waals surface area (Å²) >= 11 is 0. The Bertz CT molecular complexity index is 105. The normalized spacial score (nSPS) is 17.9. The molecule has 50 valence electrons. The minimum atomic E-state index is -2.80. The average molecular weight is 139 g/mol. The summed E-state index contributed by atoms with van der Waals surface area (Å²) in [5.74, 6) is 0. The molecule has 0 aliphatic heterocycles. The van der Waals surface area contributed by atoms with Crippen LogP contribution in [0.25, 0.3) is 0 Å². The lowest BCUT2D eigenvalue weighted by molar-refractivity contribution is 0.229. The molecule has 0 aromatic heterocycles. The number of nitrogens with two attached hydrogens (primary N) is 1. The van der Waals surface area contributed by atoms with Crippen LogP contribution in [0.4, 0.5) is 0 Å². The monoisotopic (exact) mass is 139 g/mol. The van der Waals surface area contributed by atoms with E-state index in [4.69, 9.17) is 10.6 Å². The Balaban J connectivity index is 3.55. The maximum absolute atomic E-state index is 8.80. The minimum absolute atomic E-state index is 0.0678. The van der Waals surface area contributed by atoms with Crippen LogP contribution in [0.2, 0.25) is 0 Å². The first-order valence-corrected chi connectivity index (χ1v) is 3.75. The lowest BCUT2D eigenvalue weighted by atomic mass is 11.4. The Labute approximate surface area is 48.4 Å². The van der Waals surface area contributed by atoms with E-state index < -0.39 is 7.57 Å². The molecule has 0 aliphatic rings. The lowest BCUT2D eigenvalue weighted by Gasteiger charge is -2.12. The topological polar surface area (TPSA) is 64.7 Å². The molecule has 0 aromatic rings. The zero-order valence-corrected chi connectivity index (χ0v) is 5.60. The van der Waals surface area contributed by atoms with Gasteiger partial charge in [-0.25, -0.2) is 0 Å². The molecule has 0 aromatic carbocycles. The van der Waals surface area contributed by atoms with E-state index in [0.29, 0.717) is 0 Å². The smallest absolute Gasteiger partial charge is 0.249 e. The predicted molar refractivity (Wildman–Crippen MR) is 33.4 cm³/mol. The number of hydrogen-bond acceptors (Lipinski definition) is 4. The van der Waals surface area contributed by atoms with Gasteiger partial charge in [0, 0.05) is 7.11 Å². The van der Waals surface area contributed by atoms with Crippen molar-refractivity contribution in [3.8, 4) is 0 Å². The van der Waals surface area contributed by atoms with Gasteiger partial charge in [-0.1, -0.05) is 0 Å². The molecule has 0 amide bonds. The van der Waals surface area contributed by atoms with Gasteiger partial charge in [0.25, 0.3) is 0 Å². The largest absolute Gasteiger partial charge is 0.333 e. The van der Waals surface area contributed by atoms with Gasteiger partial charge in [-0.05, 0) is 6.30 Å². The fourth-order valence-electron chi connectivity index (χ4n) is 0.169. The van der Waals surface area contributed by atoms with Crippen molar-refractivity contribution in [1.82, 2.24) is 0 Å². The van der Waals surface area contributed by atoms with Crippen molar-refractivity contribution in [2.24, 2.45) is 5.73 Å². The first-order valence-electron chi connectivity index (χ1n) is 1.99. The van der Waals surface area contributed by atoms with Crippen molar-refractivity contribution in [3.63, 3.8) is 0 Å². The number of rotatable bonds is 3. The van der Waals surface area contributed by atoms with Crippen LogP contribution < -0.4 is 5.73 Å². The molecule has 8 heavy (non-hydrogen) atoms. The zero-order valence-electron chi connectivity index (χ0n) is 4.70. The van der Waals surface area contributed by atoms with Crippen molar-refractivity contribution < 1.29 is 13.9 Å². The Hall–Kier alpha value is 0.140. The second kappa shape index (κ2) is 3.22. The van der Waals surface area contributed by atoms with E-state index in [0.717, 1.165) is 0 Å². The summed E-state index contributed by atoms with van der Waals surface area (Å²) in [7, 11) is -1.48. The van der Waals surface area contributed by atoms with Crippen LogP contribution in [-0.4, -0.2) is 25.0 Å². The molecule has 0 aliphatic carbocycles. The highest BCUT2D eigenvalue weighted by molar-refractivity contribution is 7.58. The van der Waals surface area contributed by atoms with Crippen LogP contribution in [0.5, 0.6) is 0 Å². The van der Waals surface area contributed by atoms with Gasteiger partial charge in [-0.2, -0.15) is 0 Å². The quantitative estimate of drug-likeness (QED) is 0.418. The molecule has 1 unspecified atom stereocenters. The predicted octanol–water partition coefficient (Wildman–Crippen LogP) is -0.247. The summed E-state index contributed by atoms with van der Waals surface area (Å²) in [6, 6.07) is 0. The fraction of sp³-hybridized carbons (Fsp3) is 0.667. The molecule has 0 rings (SSSR count). The van der Waals surface area contributed by atoms with Crippen LogP contribution in [0.15, 0.2) is 0 Å². The molecule has 0 bridgehead atoms. The molecular formula is C3H10NO3P. The minimum Gasteiger partial charge on any atom is -0.333 e. The highest BCUT2D eigenvalue weighted by atomic mass is 31.2. The molecule has 0 heterocycles. The second-order valence-corrected chi connectivity index (χ2v) is 3.01. The third-order valence-corrected chi connectivity index (χ3v) is 1.68. The molecule has 0 spiro atoms. The fourth-order valence-corrected chi connectivity index (χ4v) is 0.508. The van der Waals surface area contributed by atoms with Crippen LogP contribution in [0, 0.1) is 0 Å². The third kappa shape index (κ3) is 3.18. The highest BCUT2D eigenvalue weighted by Crippen LogP contribution is 2.40. The number of hydrogen-bond donors (Lipinski definition) is 2. The Morgan fingerprint density at radius 2 is 2.38 bits per heavy atom. The van der Waals surface area contributed by atoms with Gasteiger partial charge in [0.05, 0.1) is 0 Å². The molecule has 1 atom stereocenters. The van der Waals surface area contributed by atoms with Crippen molar-refractivity contribution >= 4 is 13.9 Å². The van der Waals surface area contributed by atoms with E-state index >= 15 is 0 Å². The zero-order chi connectivity index (χ0) is 6.62. The van der Waals surface area contributed by atoms with E-state index in [-0.39, 0.29) is 6.73 Å². The van der Waals surface area contributed by atoms with Gasteiger partial charge in [0.1, 0.15) is 6.73 Å². The first kappa shape index (κ1) is 8.14. The van der Waals surface area contributed by atoms with Crippen molar-refractivity contribution in [1.29, 1.82) is 0 Å². The summed E-state index contributed by atoms with van der Waals surface area (Å²) in [5.41, 5.74) is 4.92. The van der Waals surface area contributed by atoms with Crippen LogP contribution in [0.1, 0.15) is 0 Å². The molecule has 0 saturated carbocycles. The molecular weight excluding hydrogens is 129 g/mol. The summed E-state index contributed by atoms with van der Waals surface area (Å²) in [4.78, 5) is 8.80. The van der Waals surface area contributed by atoms with E-state index in [9.17, 15) is 0 Å². The average Bonchev–Trinajstić information content (AvgIpc) is 1.67. The maximum Gasteiger partial charge on any atom is 0.249 e. The molecule has 0 radical (unpaired) electrons. The molecule has 0 saturated heterocycles. The first-order chi connectivity index (χ1) is 3.62. The van der Waals surface area contributed by atoms with Gasteiger partial charge in [0.2, 0.25) is 7.57 Å². The standard InChI is InChI=1S/C3H10NO3P/c1-6-8(2,5)7-3-4/h5H,2-4H2,1H3. The summed E-state index contributed by atoms with van der Waals surface area (Å²) < 4.78 is 8.92. The Morgan fingerprint density at radius 3 is 2.50 bits per heavy atom. The van der Waals surface area contributed by atoms with Crippen LogP contribution >= 0.6 is 7.57 Å². The van der Waals surface area contributed by atoms with E-state index in [2.05, 4.69) is 15.3 Å². The van der Waals surface area contributed by atoms with Crippen molar-refractivity contribution in [2.75, 3.05) is 13.8 Å². The summed E-state index contributed by atoms with van der Waals surface area (Å²) in [6.07, 6.45) is 3.22. The Morgan fingerprint density at radius 1 is 1.88 bits per heavy atom. The van der Waals surface area contributed by atoms with Crippen molar-refractivity contribution in [3.05, 3.63) is 0 Å². The van der Waals surface area contributed by atoms with Crippen LogP contribution in [0.3, 0.4) is 0 Å². The molecule has 0 fully saturated rings.